The average Bonchev–Trinajstić information content (AvgIpc) is 3.37. The number of hydrogen-bond acceptors (Lipinski definition) is 3. The van der Waals surface area contributed by atoms with Crippen LogP contribution < -0.4 is 10.1 Å². The highest BCUT2D eigenvalue weighted by Crippen LogP contribution is 2.22. The monoisotopic (exact) mass is 315 g/mol. The van der Waals surface area contributed by atoms with Gasteiger partial charge in [0.25, 0.3) is 5.91 Å². The number of amides is 1. The second kappa shape index (κ2) is 6.79. The van der Waals surface area contributed by atoms with Crippen molar-refractivity contribution in [3.8, 4) is 5.75 Å². The number of aliphatic hydroxyl groups excluding tert-OH is 1. The van der Waals surface area contributed by atoms with Crippen molar-refractivity contribution in [2.24, 2.45) is 0 Å². The van der Waals surface area contributed by atoms with Crippen molar-refractivity contribution in [3.63, 3.8) is 0 Å². The molecule has 1 saturated carbocycles. The van der Waals surface area contributed by atoms with E-state index in [1.54, 1.807) is 36.4 Å². The number of carbonyl (C=O) groups excluding carboxylic acids is 1. The minimum Gasteiger partial charge on any atom is -0.491 e. The Kier molecular flexibility index (Phi) is 4.57. The second-order valence-electron chi connectivity index (χ2n) is 5.62. The molecule has 1 atom stereocenters. The molecule has 0 heterocycles. The molecule has 1 fully saturated rings. The molecule has 0 bridgehead atoms. The Labute approximate surface area is 133 Å². The summed E-state index contributed by atoms with van der Waals surface area (Å²) in [6, 6.07) is 13.1. The third-order valence-corrected chi connectivity index (χ3v) is 3.68. The molecule has 3 rings (SSSR count). The largest absolute Gasteiger partial charge is 0.491 e. The van der Waals surface area contributed by atoms with Crippen LogP contribution in [0.4, 0.5) is 4.39 Å². The lowest BCUT2D eigenvalue weighted by Gasteiger charge is -2.14. The zero-order valence-electron chi connectivity index (χ0n) is 12.5. The fourth-order valence-corrected chi connectivity index (χ4v) is 2.23. The fraction of sp³-hybridized carbons (Fsp3) is 0.278. The van der Waals surface area contributed by atoms with E-state index in [0.29, 0.717) is 11.3 Å². The molecule has 23 heavy (non-hydrogen) atoms. The summed E-state index contributed by atoms with van der Waals surface area (Å²) >= 11 is 0. The highest BCUT2D eigenvalue weighted by molar-refractivity contribution is 5.94. The topological polar surface area (TPSA) is 58.6 Å². The molecular weight excluding hydrogens is 297 g/mol. The zero-order chi connectivity index (χ0) is 16.2. The lowest BCUT2D eigenvalue weighted by Crippen LogP contribution is -2.25. The molecule has 1 amide bonds. The third-order valence-electron chi connectivity index (χ3n) is 3.68. The summed E-state index contributed by atoms with van der Waals surface area (Å²) in [6.45, 7) is -0.0887. The van der Waals surface area contributed by atoms with Crippen molar-refractivity contribution in [1.29, 1.82) is 0 Å². The summed E-state index contributed by atoms with van der Waals surface area (Å²) < 4.78 is 19.1. The van der Waals surface area contributed by atoms with Crippen LogP contribution in [0.1, 0.15) is 34.9 Å². The van der Waals surface area contributed by atoms with Crippen molar-refractivity contribution in [3.05, 3.63) is 65.5 Å². The average molecular weight is 315 g/mol. The van der Waals surface area contributed by atoms with Gasteiger partial charge in [0, 0.05) is 17.2 Å². The van der Waals surface area contributed by atoms with Crippen LogP contribution in [0.3, 0.4) is 0 Å². The fourth-order valence-electron chi connectivity index (χ4n) is 2.23. The molecular formula is C18H18FNO3. The number of hydrogen-bond donors (Lipinski definition) is 2. The van der Waals surface area contributed by atoms with E-state index in [4.69, 9.17) is 4.74 Å². The van der Waals surface area contributed by atoms with Crippen molar-refractivity contribution in [2.45, 2.75) is 25.0 Å². The summed E-state index contributed by atoms with van der Waals surface area (Å²) in [7, 11) is 0. The van der Waals surface area contributed by atoms with Gasteiger partial charge in [-0.05, 0) is 37.1 Å². The summed E-state index contributed by atoms with van der Waals surface area (Å²) in [5.74, 6) is -0.141. The molecule has 0 saturated heterocycles. The number of halogens is 1. The van der Waals surface area contributed by atoms with Crippen LogP contribution in [0.5, 0.6) is 5.75 Å². The molecule has 2 aromatic carbocycles. The lowest BCUT2D eigenvalue weighted by molar-refractivity contribution is 0.0949. The van der Waals surface area contributed by atoms with Crippen LogP contribution in [-0.4, -0.2) is 23.7 Å². The van der Waals surface area contributed by atoms with Gasteiger partial charge in [-0.3, -0.25) is 4.79 Å². The quantitative estimate of drug-likeness (QED) is 0.862. The highest BCUT2D eigenvalue weighted by Gasteiger charge is 2.23. The Morgan fingerprint density at radius 3 is 2.78 bits per heavy atom. The first-order valence-electron chi connectivity index (χ1n) is 7.59. The van der Waals surface area contributed by atoms with E-state index in [0.717, 1.165) is 12.8 Å². The first-order valence-corrected chi connectivity index (χ1v) is 7.59. The van der Waals surface area contributed by atoms with Gasteiger partial charge < -0.3 is 15.2 Å². The molecule has 0 aliphatic heterocycles. The van der Waals surface area contributed by atoms with Crippen LogP contribution in [0, 0.1) is 5.82 Å². The first kappa shape index (κ1) is 15.5. The lowest BCUT2D eigenvalue weighted by atomic mass is 10.1. The standard InChI is InChI=1S/C18H18FNO3/c19-16-7-2-1-6-15(16)17(21)11-23-14-5-3-4-12(10-14)18(22)20-13-8-9-13/h1-7,10,13,17,21H,8-9,11H2,(H,20,22). The van der Waals surface area contributed by atoms with Crippen molar-refractivity contribution in [2.75, 3.05) is 6.61 Å². The van der Waals surface area contributed by atoms with Crippen LogP contribution >= 0.6 is 0 Å². The molecule has 1 aliphatic carbocycles. The number of aliphatic hydroxyl groups is 1. The van der Waals surface area contributed by atoms with E-state index in [9.17, 15) is 14.3 Å². The molecule has 5 heteroatoms. The van der Waals surface area contributed by atoms with Crippen molar-refractivity contribution >= 4 is 5.91 Å². The van der Waals surface area contributed by atoms with E-state index >= 15 is 0 Å². The minimum atomic E-state index is -1.07. The van der Waals surface area contributed by atoms with Crippen LogP contribution in [0.15, 0.2) is 48.5 Å². The van der Waals surface area contributed by atoms with Gasteiger partial charge in [-0.25, -0.2) is 4.39 Å². The second-order valence-corrected chi connectivity index (χ2v) is 5.62. The number of nitrogens with one attached hydrogen (secondary N) is 1. The van der Waals surface area contributed by atoms with Gasteiger partial charge >= 0.3 is 0 Å². The van der Waals surface area contributed by atoms with E-state index in [2.05, 4.69) is 5.32 Å². The minimum absolute atomic E-state index is 0.0887. The number of benzene rings is 2. The summed E-state index contributed by atoms with van der Waals surface area (Å²) in [5, 5.41) is 12.9. The third kappa shape index (κ3) is 4.07. The zero-order valence-corrected chi connectivity index (χ0v) is 12.5. The molecule has 4 nitrogen and oxygen atoms in total. The molecule has 0 spiro atoms. The normalized spacial score (nSPS) is 15.0. The Morgan fingerprint density at radius 2 is 2.04 bits per heavy atom. The van der Waals surface area contributed by atoms with Gasteiger partial charge in [0.2, 0.25) is 0 Å². The maximum absolute atomic E-state index is 13.6. The summed E-state index contributed by atoms with van der Waals surface area (Å²) in [5.41, 5.74) is 0.699. The number of ether oxygens (including phenoxy) is 1. The Morgan fingerprint density at radius 1 is 1.26 bits per heavy atom. The molecule has 0 aromatic heterocycles. The maximum Gasteiger partial charge on any atom is 0.251 e. The van der Waals surface area contributed by atoms with E-state index in [-0.39, 0.29) is 24.1 Å². The molecule has 0 radical (unpaired) electrons. The van der Waals surface area contributed by atoms with Crippen LogP contribution in [0.25, 0.3) is 0 Å². The predicted octanol–water partition coefficient (Wildman–Crippen LogP) is 2.83. The maximum atomic E-state index is 13.6. The SMILES string of the molecule is O=C(NC1CC1)c1cccc(OCC(O)c2ccccc2F)c1. The van der Waals surface area contributed by atoms with Gasteiger partial charge in [0.05, 0.1) is 0 Å². The Hall–Kier alpha value is -2.40. The number of carbonyl (C=O) groups is 1. The van der Waals surface area contributed by atoms with E-state index in [1.165, 1.54) is 12.1 Å². The Bertz CT molecular complexity index is 700. The van der Waals surface area contributed by atoms with Crippen molar-refractivity contribution in [1.82, 2.24) is 5.32 Å². The van der Waals surface area contributed by atoms with E-state index < -0.39 is 11.9 Å². The summed E-state index contributed by atoms with van der Waals surface area (Å²) in [4.78, 5) is 12.0. The van der Waals surface area contributed by atoms with Crippen LogP contribution in [-0.2, 0) is 0 Å². The Balaban J connectivity index is 1.61. The molecule has 2 aromatic rings. The smallest absolute Gasteiger partial charge is 0.251 e. The van der Waals surface area contributed by atoms with Gasteiger partial charge in [0.15, 0.2) is 0 Å². The molecule has 2 N–H and O–H groups in total. The summed E-state index contributed by atoms with van der Waals surface area (Å²) in [6.07, 6.45) is 0.980. The van der Waals surface area contributed by atoms with Gasteiger partial charge in [0.1, 0.15) is 24.3 Å². The van der Waals surface area contributed by atoms with Crippen molar-refractivity contribution < 1.29 is 19.0 Å². The van der Waals surface area contributed by atoms with E-state index in [1.807, 2.05) is 0 Å². The first-order chi connectivity index (χ1) is 11.1. The van der Waals surface area contributed by atoms with Gasteiger partial charge in [-0.1, -0.05) is 24.3 Å². The van der Waals surface area contributed by atoms with Gasteiger partial charge in [-0.2, -0.15) is 0 Å². The highest BCUT2D eigenvalue weighted by atomic mass is 19.1. The molecule has 120 valence electrons. The van der Waals surface area contributed by atoms with Crippen LogP contribution in [0.2, 0.25) is 0 Å². The number of rotatable bonds is 6. The van der Waals surface area contributed by atoms with Gasteiger partial charge in [-0.15, -0.1) is 0 Å². The molecule has 1 unspecified atom stereocenters. The molecule has 1 aliphatic rings. The predicted molar refractivity (Wildman–Crippen MR) is 83.8 cm³/mol.